The van der Waals surface area contributed by atoms with Gasteiger partial charge in [0.05, 0.1) is 17.8 Å². The molecular formula is C11H13N3. The second-order valence-corrected chi connectivity index (χ2v) is 3.95. The van der Waals surface area contributed by atoms with Crippen molar-refractivity contribution in [3.05, 3.63) is 30.3 Å². The topological polar surface area (TPSA) is 28.0 Å². The third kappa shape index (κ3) is 1.12. The monoisotopic (exact) mass is 187 g/mol. The molecule has 1 fully saturated rings. The summed E-state index contributed by atoms with van der Waals surface area (Å²) in [5, 5.41) is 10.6. The van der Waals surface area contributed by atoms with Crippen molar-refractivity contribution >= 4 is 5.69 Å². The fourth-order valence-corrected chi connectivity index (χ4v) is 2.35. The molecule has 0 N–H and O–H groups in total. The van der Waals surface area contributed by atoms with Crippen molar-refractivity contribution in [3.63, 3.8) is 0 Å². The average molecular weight is 187 g/mol. The highest BCUT2D eigenvalue weighted by Crippen LogP contribution is 2.35. The number of hydrogen-bond donors (Lipinski definition) is 0. The molecule has 0 aromatic heterocycles. The van der Waals surface area contributed by atoms with E-state index in [4.69, 9.17) is 0 Å². The van der Waals surface area contributed by atoms with Crippen LogP contribution in [0, 0.1) is 0 Å². The molecule has 0 bridgehead atoms. The van der Waals surface area contributed by atoms with Crippen molar-refractivity contribution in [1.29, 1.82) is 0 Å². The van der Waals surface area contributed by atoms with Gasteiger partial charge in [0.1, 0.15) is 0 Å². The van der Waals surface area contributed by atoms with Crippen molar-refractivity contribution in [3.8, 4) is 0 Å². The molecule has 72 valence electrons. The molecule has 2 aliphatic rings. The van der Waals surface area contributed by atoms with Crippen LogP contribution in [0.2, 0.25) is 0 Å². The van der Waals surface area contributed by atoms with E-state index in [1.807, 2.05) is 18.2 Å². The van der Waals surface area contributed by atoms with Gasteiger partial charge in [-0.15, -0.1) is 0 Å². The first kappa shape index (κ1) is 7.97. The third-order valence-electron chi connectivity index (χ3n) is 3.08. The number of para-hydroxylation sites is 1. The molecule has 0 unspecified atom stereocenters. The number of rotatable bonds is 1. The number of benzene rings is 1. The van der Waals surface area contributed by atoms with Crippen LogP contribution in [-0.2, 0) is 0 Å². The molecule has 3 rings (SSSR count). The van der Waals surface area contributed by atoms with Crippen LogP contribution in [-0.4, -0.2) is 12.1 Å². The highest BCUT2D eigenvalue weighted by Gasteiger charge is 2.37. The van der Waals surface area contributed by atoms with Crippen LogP contribution in [0.5, 0.6) is 0 Å². The van der Waals surface area contributed by atoms with Gasteiger partial charge in [0.15, 0.2) is 0 Å². The fourth-order valence-electron chi connectivity index (χ4n) is 2.35. The van der Waals surface area contributed by atoms with Crippen LogP contribution in [0.1, 0.15) is 19.3 Å². The first-order chi connectivity index (χ1) is 6.95. The summed E-state index contributed by atoms with van der Waals surface area (Å²) in [6.45, 7) is 0. The lowest BCUT2D eigenvalue weighted by Crippen LogP contribution is -2.30. The van der Waals surface area contributed by atoms with Gasteiger partial charge in [-0.25, -0.2) is 5.01 Å². The van der Waals surface area contributed by atoms with Crippen molar-refractivity contribution in [2.24, 2.45) is 10.3 Å². The number of hydrogen-bond acceptors (Lipinski definition) is 3. The second kappa shape index (κ2) is 3.08. The molecule has 0 radical (unpaired) electrons. The molecule has 1 aromatic rings. The minimum Gasteiger partial charge on any atom is -0.242 e. The minimum absolute atomic E-state index is 0.454. The molecule has 1 aliphatic heterocycles. The van der Waals surface area contributed by atoms with Gasteiger partial charge in [-0.2, -0.15) is 5.11 Å². The van der Waals surface area contributed by atoms with Crippen LogP contribution < -0.4 is 5.01 Å². The Bertz CT molecular complexity index is 347. The quantitative estimate of drug-likeness (QED) is 0.664. The van der Waals surface area contributed by atoms with Gasteiger partial charge in [0.25, 0.3) is 0 Å². The standard InChI is InChI=1S/C11H13N3/c1-2-5-9(6-3-1)14-11-8-4-7-10(11)12-13-14/h1-3,5-6,10-11H,4,7-8H2/t10-,11+/m0/s1. The Balaban J connectivity index is 1.90. The van der Waals surface area contributed by atoms with Crippen LogP contribution >= 0.6 is 0 Å². The second-order valence-electron chi connectivity index (χ2n) is 3.95. The maximum atomic E-state index is 4.31. The lowest BCUT2D eigenvalue weighted by Gasteiger charge is -2.20. The molecule has 0 amide bonds. The predicted molar refractivity (Wildman–Crippen MR) is 55.2 cm³/mol. The predicted octanol–water partition coefficient (Wildman–Crippen LogP) is 2.79. The summed E-state index contributed by atoms with van der Waals surface area (Å²) in [5.41, 5.74) is 1.17. The Morgan fingerprint density at radius 2 is 2.00 bits per heavy atom. The summed E-state index contributed by atoms with van der Waals surface area (Å²) in [7, 11) is 0. The summed E-state index contributed by atoms with van der Waals surface area (Å²) in [6.07, 6.45) is 3.72. The number of anilines is 1. The van der Waals surface area contributed by atoms with Crippen LogP contribution in [0.3, 0.4) is 0 Å². The largest absolute Gasteiger partial charge is 0.242 e. The summed E-state index contributed by atoms with van der Waals surface area (Å²) in [6, 6.07) is 11.3. The molecule has 2 atom stereocenters. The molecule has 3 nitrogen and oxygen atoms in total. The third-order valence-corrected chi connectivity index (χ3v) is 3.08. The van der Waals surface area contributed by atoms with E-state index in [1.165, 1.54) is 24.9 Å². The smallest absolute Gasteiger partial charge is 0.0954 e. The van der Waals surface area contributed by atoms with E-state index in [2.05, 4.69) is 27.5 Å². The Morgan fingerprint density at radius 3 is 2.86 bits per heavy atom. The van der Waals surface area contributed by atoms with Gasteiger partial charge in [0, 0.05) is 0 Å². The molecular weight excluding hydrogens is 174 g/mol. The first-order valence-electron chi connectivity index (χ1n) is 5.20. The minimum atomic E-state index is 0.454. The lowest BCUT2D eigenvalue weighted by molar-refractivity contribution is 0.632. The summed E-state index contributed by atoms with van der Waals surface area (Å²) < 4.78 is 0. The van der Waals surface area contributed by atoms with Gasteiger partial charge in [-0.1, -0.05) is 23.4 Å². The SMILES string of the molecule is c1ccc(N2N=N[C@H]3CCC[C@H]32)cc1. The zero-order valence-corrected chi connectivity index (χ0v) is 8.00. The normalized spacial score (nSPS) is 29.6. The van der Waals surface area contributed by atoms with Crippen molar-refractivity contribution in [2.75, 3.05) is 5.01 Å². The van der Waals surface area contributed by atoms with Gasteiger partial charge in [-0.3, -0.25) is 0 Å². The van der Waals surface area contributed by atoms with E-state index in [0.717, 1.165) is 0 Å². The molecule has 1 heterocycles. The van der Waals surface area contributed by atoms with Crippen LogP contribution in [0.25, 0.3) is 0 Å². The highest BCUT2D eigenvalue weighted by molar-refractivity contribution is 5.47. The van der Waals surface area contributed by atoms with E-state index in [1.54, 1.807) is 0 Å². The summed E-state index contributed by atoms with van der Waals surface area (Å²) in [4.78, 5) is 0. The Hall–Kier alpha value is -1.38. The molecule has 0 spiro atoms. The zero-order valence-electron chi connectivity index (χ0n) is 8.00. The number of nitrogens with zero attached hydrogens (tertiary/aromatic N) is 3. The summed E-state index contributed by atoms with van der Waals surface area (Å²) >= 11 is 0. The molecule has 1 aromatic carbocycles. The summed E-state index contributed by atoms with van der Waals surface area (Å²) in [5.74, 6) is 0. The van der Waals surface area contributed by atoms with E-state index in [9.17, 15) is 0 Å². The molecule has 3 heteroatoms. The lowest BCUT2D eigenvalue weighted by atomic mass is 10.1. The van der Waals surface area contributed by atoms with Crippen molar-refractivity contribution < 1.29 is 0 Å². The molecule has 1 saturated carbocycles. The maximum absolute atomic E-state index is 4.31. The Morgan fingerprint density at radius 1 is 1.14 bits per heavy atom. The van der Waals surface area contributed by atoms with Gasteiger partial charge >= 0.3 is 0 Å². The Labute approximate surface area is 83.4 Å². The van der Waals surface area contributed by atoms with Gasteiger partial charge in [0.2, 0.25) is 0 Å². The molecule has 1 aliphatic carbocycles. The van der Waals surface area contributed by atoms with Crippen LogP contribution in [0.4, 0.5) is 5.69 Å². The maximum Gasteiger partial charge on any atom is 0.0954 e. The van der Waals surface area contributed by atoms with Gasteiger partial charge < -0.3 is 0 Å². The molecule has 14 heavy (non-hydrogen) atoms. The van der Waals surface area contributed by atoms with E-state index < -0.39 is 0 Å². The van der Waals surface area contributed by atoms with Gasteiger partial charge in [-0.05, 0) is 31.4 Å². The number of fused-ring (bicyclic) bond motifs is 1. The first-order valence-corrected chi connectivity index (χ1v) is 5.20. The van der Waals surface area contributed by atoms with E-state index in [-0.39, 0.29) is 0 Å². The van der Waals surface area contributed by atoms with E-state index >= 15 is 0 Å². The van der Waals surface area contributed by atoms with E-state index in [0.29, 0.717) is 12.1 Å². The zero-order chi connectivity index (χ0) is 9.38. The highest BCUT2D eigenvalue weighted by atomic mass is 15.6. The average Bonchev–Trinajstić information content (AvgIpc) is 2.79. The van der Waals surface area contributed by atoms with Crippen LogP contribution in [0.15, 0.2) is 40.7 Å². The fraction of sp³-hybridized carbons (Fsp3) is 0.455. The van der Waals surface area contributed by atoms with Crippen molar-refractivity contribution in [1.82, 2.24) is 0 Å². The van der Waals surface area contributed by atoms with Crippen molar-refractivity contribution in [2.45, 2.75) is 31.3 Å². The molecule has 0 saturated heterocycles. The Kier molecular flexibility index (Phi) is 1.76.